The van der Waals surface area contributed by atoms with Gasteiger partial charge in [-0.3, -0.25) is 9.89 Å². The minimum absolute atomic E-state index is 0.130. The highest BCUT2D eigenvalue weighted by atomic mass is 79.9. The molecule has 0 fully saturated rings. The van der Waals surface area contributed by atoms with E-state index in [1.807, 2.05) is 6.92 Å². The second-order valence-electron chi connectivity index (χ2n) is 3.01. The minimum Gasteiger partial charge on any atom is -0.347 e. The first-order valence-electron chi connectivity index (χ1n) is 4.15. The minimum atomic E-state index is -0.130. The first kappa shape index (κ1) is 11.0. The van der Waals surface area contributed by atoms with Crippen LogP contribution in [-0.4, -0.2) is 22.6 Å². The fraction of sp³-hybridized carbons (Fsp3) is 0.333. The molecule has 0 aliphatic heterocycles. The van der Waals surface area contributed by atoms with E-state index in [-0.39, 0.29) is 5.91 Å². The van der Waals surface area contributed by atoms with Crippen molar-refractivity contribution in [3.8, 4) is 0 Å². The molecule has 14 heavy (non-hydrogen) atoms. The summed E-state index contributed by atoms with van der Waals surface area (Å²) in [4.78, 5) is 11.6. The molecule has 0 aromatic carbocycles. The van der Waals surface area contributed by atoms with Gasteiger partial charge in [0.1, 0.15) is 0 Å². The average molecular weight is 258 g/mol. The van der Waals surface area contributed by atoms with Crippen LogP contribution >= 0.6 is 15.9 Å². The number of aromatic nitrogens is 2. The number of amides is 1. The third kappa shape index (κ3) is 2.45. The summed E-state index contributed by atoms with van der Waals surface area (Å²) in [5, 5.41) is 9.43. The third-order valence-electron chi connectivity index (χ3n) is 1.80. The second-order valence-corrected chi connectivity index (χ2v) is 4.13. The van der Waals surface area contributed by atoms with E-state index in [2.05, 4.69) is 38.0 Å². The largest absolute Gasteiger partial charge is 0.347 e. The Kier molecular flexibility index (Phi) is 3.46. The highest BCUT2D eigenvalue weighted by Gasteiger charge is 2.14. The quantitative estimate of drug-likeness (QED) is 0.866. The Balaban J connectivity index is 2.74. The summed E-state index contributed by atoms with van der Waals surface area (Å²) >= 11 is 3.17. The molecule has 1 aromatic heterocycles. The molecule has 76 valence electrons. The molecule has 0 spiro atoms. The molecule has 0 saturated carbocycles. The zero-order valence-corrected chi connectivity index (χ0v) is 9.73. The van der Waals surface area contributed by atoms with Crippen LogP contribution in [0.4, 0.5) is 0 Å². The molecule has 1 aromatic rings. The van der Waals surface area contributed by atoms with Gasteiger partial charge in [-0.2, -0.15) is 5.10 Å². The van der Waals surface area contributed by atoms with E-state index in [0.717, 1.165) is 10.2 Å². The lowest BCUT2D eigenvalue weighted by Gasteiger charge is -2.03. The number of carbonyl (C=O) groups is 1. The summed E-state index contributed by atoms with van der Waals surface area (Å²) in [7, 11) is 0. The van der Waals surface area contributed by atoms with Gasteiger partial charge < -0.3 is 5.32 Å². The number of nitrogens with zero attached hydrogens (tertiary/aromatic N) is 1. The predicted molar refractivity (Wildman–Crippen MR) is 58.5 cm³/mol. The SMILES string of the molecule is C=C(Br)CNC(=O)c1c(C)n[nH]c1C. The summed E-state index contributed by atoms with van der Waals surface area (Å²) in [6.07, 6.45) is 0. The lowest BCUT2D eigenvalue weighted by molar-refractivity contribution is 0.0956. The van der Waals surface area contributed by atoms with Gasteiger partial charge >= 0.3 is 0 Å². The number of rotatable bonds is 3. The first-order chi connectivity index (χ1) is 6.52. The molecule has 4 nitrogen and oxygen atoms in total. The van der Waals surface area contributed by atoms with Crippen molar-refractivity contribution in [3.05, 3.63) is 28.0 Å². The smallest absolute Gasteiger partial charge is 0.255 e. The van der Waals surface area contributed by atoms with Gasteiger partial charge in [0.2, 0.25) is 0 Å². The van der Waals surface area contributed by atoms with Gasteiger partial charge in [0.25, 0.3) is 5.91 Å². The van der Waals surface area contributed by atoms with Crippen LogP contribution in [0.15, 0.2) is 11.1 Å². The number of nitrogens with one attached hydrogen (secondary N) is 2. The first-order valence-corrected chi connectivity index (χ1v) is 4.94. The molecular weight excluding hydrogens is 246 g/mol. The van der Waals surface area contributed by atoms with Crippen LogP contribution in [0.3, 0.4) is 0 Å². The number of aromatic amines is 1. The third-order valence-corrected chi connectivity index (χ3v) is 2.08. The van der Waals surface area contributed by atoms with Crippen molar-refractivity contribution < 1.29 is 4.79 Å². The normalized spacial score (nSPS) is 9.93. The second kappa shape index (κ2) is 4.41. The molecule has 1 heterocycles. The van der Waals surface area contributed by atoms with Crippen molar-refractivity contribution in [1.29, 1.82) is 0 Å². The van der Waals surface area contributed by atoms with Crippen LogP contribution < -0.4 is 5.32 Å². The number of hydrogen-bond donors (Lipinski definition) is 2. The van der Waals surface area contributed by atoms with Crippen LogP contribution in [0.25, 0.3) is 0 Å². The zero-order valence-electron chi connectivity index (χ0n) is 8.15. The van der Waals surface area contributed by atoms with Gasteiger partial charge in [-0.05, 0) is 13.8 Å². The molecule has 0 unspecified atom stereocenters. The van der Waals surface area contributed by atoms with Gasteiger partial charge in [0.15, 0.2) is 0 Å². The molecular formula is C9H12BrN3O. The summed E-state index contributed by atoms with van der Waals surface area (Å²) in [5.41, 5.74) is 2.10. The van der Waals surface area contributed by atoms with E-state index in [0.29, 0.717) is 17.8 Å². The van der Waals surface area contributed by atoms with E-state index in [1.54, 1.807) is 6.92 Å². The Morgan fingerprint density at radius 2 is 2.29 bits per heavy atom. The molecule has 0 bridgehead atoms. The van der Waals surface area contributed by atoms with Crippen LogP contribution in [-0.2, 0) is 0 Å². The Bertz CT molecular complexity index is 351. The Morgan fingerprint density at radius 1 is 1.64 bits per heavy atom. The number of carbonyl (C=O) groups excluding carboxylic acids is 1. The van der Waals surface area contributed by atoms with E-state index in [1.165, 1.54) is 0 Å². The molecule has 0 aliphatic carbocycles. The van der Waals surface area contributed by atoms with E-state index >= 15 is 0 Å². The van der Waals surface area contributed by atoms with E-state index in [4.69, 9.17) is 0 Å². The Morgan fingerprint density at radius 3 is 2.71 bits per heavy atom. The number of aryl methyl sites for hydroxylation is 2. The molecule has 1 rings (SSSR count). The molecule has 0 saturated heterocycles. The van der Waals surface area contributed by atoms with Crippen LogP contribution in [0.5, 0.6) is 0 Å². The van der Waals surface area contributed by atoms with E-state index < -0.39 is 0 Å². The maximum atomic E-state index is 11.6. The lowest BCUT2D eigenvalue weighted by atomic mass is 10.2. The van der Waals surface area contributed by atoms with Crippen molar-refractivity contribution in [2.75, 3.05) is 6.54 Å². The highest BCUT2D eigenvalue weighted by Crippen LogP contribution is 2.09. The van der Waals surface area contributed by atoms with Gasteiger partial charge in [-0.1, -0.05) is 22.5 Å². The maximum absolute atomic E-state index is 11.6. The molecule has 0 atom stereocenters. The standard InChI is InChI=1S/C9H12BrN3O/c1-5(10)4-11-9(14)8-6(2)12-13-7(8)3/h1,4H2,2-3H3,(H,11,14)(H,12,13). The summed E-state index contributed by atoms with van der Waals surface area (Å²) in [6.45, 7) is 7.66. The van der Waals surface area contributed by atoms with E-state index in [9.17, 15) is 4.79 Å². The fourth-order valence-electron chi connectivity index (χ4n) is 1.15. The van der Waals surface area contributed by atoms with Crippen molar-refractivity contribution in [2.24, 2.45) is 0 Å². The number of halogens is 1. The summed E-state index contributed by atoms with van der Waals surface area (Å²) in [6, 6.07) is 0. The van der Waals surface area contributed by atoms with Gasteiger partial charge in [-0.15, -0.1) is 0 Å². The molecule has 5 heteroatoms. The summed E-state index contributed by atoms with van der Waals surface area (Å²) in [5.74, 6) is -0.130. The number of H-pyrrole nitrogens is 1. The molecule has 0 aliphatic rings. The lowest BCUT2D eigenvalue weighted by Crippen LogP contribution is -2.25. The van der Waals surface area contributed by atoms with Crippen molar-refractivity contribution in [3.63, 3.8) is 0 Å². The predicted octanol–water partition coefficient (Wildman–Crippen LogP) is 1.66. The molecule has 1 amide bonds. The fourth-order valence-corrected chi connectivity index (χ4v) is 1.29. The van der Waals surface area contributed by atoms with Crippen molar-refractivity contribution in [2.45, 2.75) is 13.8 Å². The van der Waals surface area contributed by atoms with Gasteiger partial charge in [0.05, 0.1) is 11.3 Å². The number of hydrogen-bond acceptors (Lipinski definition) is 2. The van der Waals surface area contributed by atoms with Gasteiger partial charge in [-0.25, -0.2) is 0 Å². The molecule has 0 radical (unpaired) electrons. The Labute approximate surface area is 90.9 Å². The van der Waals surface area contributed by atoms with Crippen molar-refractivity contribution in [1.82, 2.24) is 15.5 Å². The monoisotopic (exact) mass is 257 g/mol. The topological polar surface area (TPSA) is 57.8 Å². The van der Waals surface area contributed by atoms with Crippen molar-refractivity contribution >= 4 is 21.8 Å². The maximum Gasteiger partial charge on any atom is 0.255 e. The molecule has 2 N–H and O–H groups in total. The van der Waals surface area contributed by atoms with Gasteiger partial charge in [0, 0.05) is 16.7 Å². The highest BCUT2D eigenvalue weighted by molar-refractivity contribution is 9.11. The van der Waals surface area contributed by atoms with Crippen LogP contribution in [0.1, 0.15) is 21.7 Å². The average Bonchev–Trinajstić information content (AvgIpc) is 2.42. The van der Waals surface area contributed by atoms with Crippen LogP contribution in [0.2, 0.25) is 0 Å². The zero-order chi connectivity index (χ0) is 10.7. The summed E-state index contributed by atoms with van der Waals surface area (Å²) < 4.78 is 0.740. The van der Waals surface area contributed by atoms with Crippen LogP contribution in [0, 0.1) is 13.8 Å². The Hall–Kier alpha value is -1.10.